The van der Waals surface area contributed by atoms with Gasteiger partial charge in [0.25, 0.3) is 0 Å². The average Bonchev–Trinajstić information content (AvgIpc) is 2.72. The highest BCUT2D eigenvalue weighted by Gasteiger charge is 2.22. The van der Waals surface area contributed by atoms with Crippen molar-refractivity contribution < 1.29 is 4.42 Å². The third kappa shape index (κ3) is 2.10. The van der Waals surface area contributed by atoms with Crippen LogP contribution in [0.4, 0.5) is 0 Å². The van der Waals surface area contributed by atoms with E-state index in [1.807, 2.05) is 0 Å². The summed E-state index contributed by atoms with van der Waals surface area (Å²) in [6.45, 7) is 3.15. The molecule has 72 valence electrons. The van der Waals surface area contributed by atoms with Gasteiger partial charge in [0.1, 0.15) is 6.26 Å². The maximum absolute atomic E-state index is 4.91. The lowest BCUT2D eigenvalue weighted by Gasteiger charge is -2.15. The summed E-state index contributed by atoms with van der Waals surface area (Å²) < 4.78 is 4.91. The molecular weight excluding hydrogens is 164 g/mol. The number of hydrogen-bond donors (Lipinski definition) is 1. The van der Waals surface area contributed by atoms with Gasteiger partial charge in [0.15, 0.2) is 6.39 Å². The second-order valence-electron chi connectivity index (χ2n) is 3.88. The zero-order valence-electron chi connectivity index (χ0n) is 7.99. The summed E-state index contributed by atoms with van der Waals surface area (Å²) in [4.78, 5) is 4.07. The fraction of sp³-hybridized carbons (Fsp3) is 0.700. The lowest BCUT2D eigenvalue weighted by molar-refractivity contribution is 0.423. The summed E-state index contributed by atoms with van der Waals surface area (Å²) in [5, 5.41) is 3.51. The summed E-state index contributed by atoms with van der Waals surface area (Å²) >= 11 is 0. The van der Waals surface area contributed by atoms with Gasteiger partial charge in [0.05, 0.1) is 5.69 Å². The molecular formula is C10H16N2O. The number of nitrogens with one attached hydrogen (secondary N) is 1. The highest BCUT2D eigenvalue weighted by Crippen LogP contribution is 2.24. The molecule has 0 amide bonds. The van der Waals surface area contributed by atoms with E-state index in [0.29, 0.717) is 6.04 Å². The predicted octanol–water partition coefficient (Wildman–Crippen LogP) is 1.95. The summed E-state index contributed by atoms with van der Waals surface area (Å²) in [6.07, 6.45) is 7.20. The second kappa shape index (κ2) is 3.92. The highest BCUT2D eigenvalue weighted by molar-refractivity contribution is 4.92. The molecule has 2 rings (SSSR count). The first kappa shape index (κ1) is 8.75. The molecule has 13 heavy (non-hydrogen) atoms. The Bertz CT molecular complexity index is 245. The lowest BCUT2D eigenvalue weighted by atomic mass is 10.1. The Morgan fingerprint density at radius 3 is 3.15 bits per heavy atom. The predicted molar refractivity (Wildman–Crippen MR) is 50.1 cm³/mol. The minimum atomic E-state index is 0.677. The molecule has 0 aliphatic heterocycles. The minimum absolute atomic E-state index is 0.677. The normalized spacial score (nSPS) is 28.1. The summed E-state index contributed by atoms with van der Waals surface area (Å²) in [5.74, 6) is 0.812. The van der Waals surface area contributed by atoms with Crippen LogP contribution in [0.5, 0.6) is 0 Å². The van der Waals surface area contributed by atoms with E-state index in [1.165, 1.54) is 25.7 Å². The van der Waals surface area contributed by atoms with Crippen molar-refractivity contribution >= 4 is 0 Å². The number of hydrogen-bond acceptors (Lipinski definition) is 3. The van der Waals surface area contributed by atoms with Crippen molar-refractivity contribution in [2.45, 2.75) is 38.8 Å². The molecule has 1 fully saturated rings. The van der Waals surface area contributed by atoms with E-state index >= 15 is 0 Å². The average molecular weight is 180 g/mol. The summed E-state index contributed by atoms with van der Waals surface area (Å²) in [5.41, 5.74) is 0.999. The summed E-state index contributed by atoms with van der Waals surface area (Å²) in [6, 6.07) is 0.677. The van der Waals surface area contributed by atoms with Crippen LogP contribution in [0.2, 0.25) is 0 Å². The van der Waals surface area contributed by atoms with E-state index in [9.17, 15) is 0 Å². The summed E-state index contributed by atoms with van der Waals surface area (Å²) in [7, 11) is 0. The third-order valence-electron chi connectivity index (χ3n) is 2.89. The number of rotatable bonds is 3. The molecule has 2 atom stereocenters. The molecule has 1 heterocycles. The zero-order valence-corrected chi connectivity index (χ0v) is 7.99. The molecule has 1 saturated carbocycles. The molecule has 0 saturated heterocycles. The zero-order chi connectivity index (χ0) is 9.10. The molecule has 0 aromatic carbocycles. The van der Waals surface area contributed by atoms with Gasteiger partial charge in [-0.3, -0.25) is 0 Å². The molecule has 1 aromatic rings. The second-order valence-corrected chi connectivity index (χ2v) is 3.88. The molecule has 0 radical (unpaired) electrons. The van der Waals surface area contributed by atoms with Crippen LogP contribution in [0, 0.1) is 5.92 Å². The fourth-order valence-electron chi connectivity index (χ4n) is 2.01. The number of aromatic nitrogens is 1. The van der Waals surface area contributed by atoms with E-state index in [2.05, 4.69) is 17.2 Å². The van der Waals surface area contributed by atoms with Crippen LogP contribution in [0.15, 0.2) is 17.1 Å². The van der Waals surface area contributed by atoms with Crippen molar-refractivity contribution in [1.29, 1.82) is 0 Å². The van der Waals surface area contributed by atoms with Crippen molar-refractivity contribution in [2.24, 2.45) is 5.92 Å². The molecule has 3 nitrogen and oxygen atoms in total. The van der Waals surface area contributed by atoms with Gasteiger partial charge >= 0.3 is 0 Å². The minimum Gasteiger partial charge on any atom is -0.451 e. The quantitative estimate of drug-likeness (QED) is 0.772. The van der Waals surface area contributed by atoms with Gasteiger partial charge in [-0.05, 0) is 18.8 Å². The van der Waals surface area contributed by atoms with Gasteiger partial charge in [0.2, 0.25) is 0 Å². The lowest BCUT2D eigenvalue weighted by Crippen LogP contribution is -2.30. The standard InChI is InChI=1S/C10H16N2O/c1-8-3-2-4-10(8)11-5-9-6-13-7-12-9/h6-8,10-11H,2-5H2,1H3. The van der Waals surface area contributed by atoms with Gasteiger partial charge in [0, 0.05) is 12.6 Å². The van der Waals surface area contributed by atoms with E-state index in [4.69, 9.17) is 4.42 Å². The fourth-order valence-corrected chi connectivity index (χ4v) is 2.01. The van der Waals surface area contributed by atoms with Crippen LogP contribution in [-0.4, -0.2) is 11.0 Å². The van der Waals surface area contributed by atoms with Crippen LogP contribution >= 0.6 is 0 Å². The van der Waals surface area contributed by atoms with Crippen LogP contribution in [-0.2, 0) is 6.54 Å². The van der Waals surface area contributed by atoms with Gasteiger partial charge in [-0.15, -0.1) is 0 Å². The molecule has 1 N–H and O–H groups in total. The van der Waals surface area contributed by atoms with Gasteiger partial charge < -0.3 is 9.73 Å². The first-order chi connectivity index (χ1) is 6.36. The number of nitrogens with zero attached hydrogens (tertiary/aromatic N) is 1. The highest BCUT2D eigenvalue weighted by atomic mass is 16.3. The Labute approximate surface area is 78.5 Å². The van der Waals surface area contributed by atoms with Crippen LogP contribution in [0.1, 0.15) is 31.9 Å². The van der Waals surface area contributed by atoms with Crippen LogP contribution < -0.4 is 5.32 Å². The maximum atomic E-state index is 4.91. The van der Waals surface area contributed by atoms with E-state index < -0.39 is 0 Å². The third-order valence-corrected chi connectivity index (χ3v) is 2.89. The van der Waals surface area contributed by atoms with E-state index in [1.54, 1.807) is 6.26 Å². The molecule has 1 aliphatic rings. The Hall–Kier alpha value is -0.830. The molecule has 1 aromatic heterocycles. The molecule has 1 aliphatic carbocycles. The topological polar surface area (TPSA) is 38.1 Å². The molecule has 2 unspecified atom stereocenters. The van der Waals surface area contributed by atoms with Crippen molar-refractivity contribution in [2.75, 3.05) is 0 Å². The smallest absolute Gasteiger partial charge is 0.180 e. The Balaban J connectivity index is 1.79. The Morgan fingerprint density at radius 1 is 1.62 bits per heavy atom. The van der Waals surface area contributed by atoms with Gasteiger partial charge in [-0.25, -0.2) is 4.98 Å². The SMILES string of the molecule is CC1CCCC1NCc1cocn1. The van der Waals surface area contributed by atoms with E-state index in [-0.39, 0.29) is 0 Å². The van der Waals surface area contributed by atoms with Crippen LogP contribution in [0.3, 0.4) is 0 Å². The van der Waals surface area contributed by atoms with Crippen molar-refractivity contribution in [3.05, 3.63) is 18.4 Å². The largest absolute Gasteiger partial charge is 0.451 e. The monoisotopic (exact) mass is 180 g/mol. The first-order valence-corrected chi connectivity index (χ1v) is 4.96. The van der Waals surface area contributed by atoms with Crippen molar-refractivity contribution in [3.63, 3.8) is 0 Å². The van der Waals surface area contributed by atoms with Gasteiger partial charge in [-0.1, -0.05) is 13.3 Å². The van der Waals surface area contributed by atoms with Crippen LogP contribution in [0.25, 0.3) is 0 Å². The van der Waals surface area contributed by atoms with Crippen molar-refractivity contribution in [1.82, 2.24) is 10.3 Å². The maximum Gasteiger partial charge on any atom is 0.180 e. The first-order valence-electron chi connectivity index (χ1n) is 4.96. The molecule has 0 bridgehead atoms. The molecule has 0 spiro atoms. The Kier molecular flexibility index (Phi) is 2.64. The number of oxazole rings is 1. The Morgan fingerprint density at radius 2 is 2.54 bits per heavy atom. The van der Waals surface area contributed by atoms with E-state index in [0.717, 1.165) is 18.2 Å². The van der Waals surface area contributed by atoms with Gasteiger partial charge in [-0.2, -0.15) is 0 Å². The van der Waals surface area contributed by atoms with Crippen molar-refractivity contribution in [3.8, 4) is 0 Å². The molecule has 3 heteroatoms.